The number of carbonyl (C=O) groups excluding carboxylic acids is 4. The molecule has 0 saturated carbocycles. The summed E-state index contributed by atoms with van der Waals surface area (Å²) in [4.78, 5) is 106. The number of hydrogen-bond acceptors (Lipinski definition) is 10. The number of hydrogen-bond donors (Lipinski definition) is 10. The average Bonchev–Trinajstić information content (AvgIpc) is 3.00. The Hall–Kier alpha value is -4.61. The first-order chi connectivity index (χ1) is 24.0. The van der Waals surface area contributed by atoms with Crippen LogP contribution in [0.2, 0.25) is 0 Å². The molecule has 0 fully saturated rings. The Morgan fingerprint density at radius 3 is 1.08 bits per heavy atom. The van der Waals surface area contributed by atoms with Crippen molar-refractivity contribution < 1.29 is 75.8 Å². The highest BCUT2D eigenvalue weighted by molar-refractivity contribution is 7.47. The molecule has 0 unspecified atom stereocenters. The van der Waals surface area contributed by atoms with Crippen molar-refractivity contribution in [2.45, 2.75) is 44.3 Å². The fourth-order valence-electron chi connectivity index (χ4n) is 4.61. The van der Waals surface area contributed by atoms with Crippen LogP contribution in [-0.4, -0.2) is 71.1 Å². The molecule has 0 saturated heterocycles. The van der Waals surface area contributed by atoms with Crippen LogP contribution >= 0.6 is 23.5 Å². The van der Waals surface area contributed by atoms with Gasteiger partial charge in [0.05, 0.1) is 0 Å². The van der Waals surface area contributed by atoms with Gasteiger partial charge in [-0.3, -0.25) is 48.5 Å². The molecule has 0 heterocycles. The van der Waals surface area contributed by atoms with Gasteiger partial charge in [-0.25, -0.2) is 13.7 Å². The molecule has 282 valence electrons. The van der Waals surface area contributed by atoms with Crippen LogP contribution in [0, 0.1) is 0 Å². The van der Waals surface area contributed by atoms with E-state index in [2.05, 4.69) is 29.5 Å². The summed E-state index contributed by atoms with van der Waals surface area (Å²) >= 11 is 0. The highest BCUT2D eigenvalue weighted by atomic mass is 31.2. The zero-order valence-corrected chi connectivity index (χ0v) is 29.6. The number of benzene rings is 3. The lowest BCUT2D eigenvalue weighted by Gasteiger charge is -2.25. The number of phosphoric ester groups is 3. The van der Waals surface area contributed by atoms with E-state index in [1.807, 2.05) is 0 Å². The molecule has 23 heteroatoms. The maximum absolute atomic E-state index is 13.7. The zero-order chi connectivity index (χ0) is 38.9. The highest BCUT2D eigenvalue weighted by Crippen LogP contribution is 2.39. The van der Waals surface area contributed by atoms with Crippen molar-refractivity contribution in [1.82, 2.24) is 16.0 Å². The molecule has 0 aliphatic rings. The summed E-state index contributed by atoms with van der Waals surface area (Å²) in [6, 6.07) is 11.5. The Balaban J connectivity index is 1.86. The summed E-state index contributed by atoms with van der Waals surface area (Å²) in [6.07, 6.45) is -0.604. The summed E-state index contributed by atoms with van der Waals surface area (Å²) in [5.41, 5.74) is 6.72. The van der Waals surface area contributed by atoms with Gasteiger partial charge in [0, 0.05) is 26.2 Å². The van der Waals surface area contributed by atoms with E-state index in [9.17, 15) is 32.9 Å². The van der Waals surface area contributed by atoms with Crippen molar-refractivity contribution in [2.75, 3.05) is 0 Å². The molecule has 0 aliphatic carbocycles. The van der Waals surface area contributed by atoms with E-state index in [4.69, 9.17) is 35.1 Å². The Labute approximate surface area is 295 Å². The van der Waals surface area contributed by atoms with Crippen LogP contribution in [0.1, 0.15) is 23.6 Å². The topological polar surface area (TPSA) is 331 Å². The molecule has 0 aliphatic heterocycles. The molecule has 52 heavy (non-hydrogen) atoms. The molecule has 0 bridgehead atoms. The molecule has 0 spiro atoms. The predicted octanol–water partition coefficient (Wildman–Crippen LogP) is 0.0886. The SMILES string of the molecule is CC(=O)N[C@@H](Cc1ccc(OP(=O)(O)O)cc1)C(=O)N[C@@H](Cc1ccc(OP(=O)(O)O)cc1)C(=O)N[C@@H](Cc1ccc(OP(=O)(O)O)cc1)C(N)=O. The number of amides is 4. The standard InChI is InChI=1S/C29H35N4O16P3/c1-17(34)31-25(15-19-4-10-22(11-5-19)48-51(41,42)43)28(36)33-26(16-20-6-12-23(13-7-20)49-52(44,45)46)29(37)32-24(27(30)35)14-18-2-8-21(9-3-18)47-50(38,39)40/h2-13,24-26H,14-16H2,1H3,(H2,30,35)(H,31,34)(H,32,37)(H,33,36)(H2,38,39,40)(H2,41,42,43)(H2,44,45,46)/t24-,25-,26-/m0/s1. The lowest BCUT2D eigenvalue weighted by atomic mass is 10.0. The Morgan fingerprint density at radius 1 is 0.538 bits per heavy atom. The monoisotopic (exact) mass is 788 g/mol. The summed E-state index contributed by atoms with van der Waals surface area (Å²) in [7, 11) is -14.6. The second-order valence-electron chi connectivity index (χ2n) is 11.1. The maximum atomic E-state index is 13.7. The van der Waals surface area contributed by atoms with Gasteiger partial charge in [-0.1, -0.05) is 36.4 Å². The molecule has 3 aromatic rings. The summed E-state index contributed by atoms with van der Waals surface area (Å²) in [5.74, 6) is -3.89. The van der Waals surface area contributed by atoms with Crippen molar-refractivity contribution in [2.24, 2.45) is 5.73 Å². The maximum Gasteiger partial charge on any atom is 0.524 e. The molecule has 4 amide bonds. The van der Waals surface area contributed by atoms with Gasteiger partial charge >= 0.3 is 23.5 Å². The van der Waals surface area contributed by atoms with Crippen molar-refractivity contribution in [3.05, 3.63) is 89.5 Å². The minimum atomic E-state index is -4.88. The molecule has 3 rings (SSSR count). The average molecular weight is 789 g/mol. The molecule has 0 radical (unpaired) electrons. The number of nitrogens with one attached hydrogen (secondary N) is 3. The predicted molar refractivity (Wildman–Crippen MR) is 179 cm³/mol. The van der Waals surface area contributed by atoms with Crippen molar-refractivity contribution in [1.29, 1.82) is 0 Å². The van der Waals surface area contributed by atoms with Crippen LogP contribution in [0.25, 0.3) is 0 Å². The second-order valence-corrected chi connectivity index (χ2v) is 14.6. The Kier molecular flexibility index (Phi) is 14.3. The van der Waals surface area contributed by atoms with Gasteiger partial charge in [-0.2, -0.15) is 0 Å². The molecule has 3 aromatic carbocycles. The minimum absolute atomic E-state index is 0.157. The fraction of sp³-hybridized carbons (Fsp3) is 0.241. The second kappa shape index (κ2) is 17.7. The first kappa shape index (κ1) is 41.8. The summed E-state index contributed by atoms with van der Waals surface area (Å²) in [6.45, 7) is 1.14. The van der Waals surface area contributed by atoms with Gasteiger partial charge in [0.1, 0.15) is 35.4 Å². The molecule has 20 nitrogen and oxygen atoms in total. The number of rotatable bonds is 18. The van der Waals surface area contributed by atoms with Gasteiger partial charge in [-0.15, -0.1) is 0 Å². The lowest BCUT2D eigenvalue weighted by molar-refractivity contribution is -0.133. The van der Waals surface area contributed by atoms with Crippen molar-refractivity contribution in [3.8, 4) is 17.2 Å². The highest BCUT2D eigenvalue weighted by Gasteiger charge is 2.30. The van der Waals surface area contributed by atoms with Crippen LogP contribution in [0.15, 0.2) is 72.8 Å². The third-order valence-electron chi connectivity index (χ3n) is 6.75. The van der Waals surface area contributed by atoms with E-state index < -0.39 is 65.2 Å². The molecule has 0 aromatic heterocycles. The molecule has 3 atom stereocenters. The van der Waals surface area contributed by atoms with Crippen LogP contribution in [0.5, 0.6) is 17.2 Å². The van der Waals surface area contributed by atoms with E-state index in [0.29, 0.717) is 16.7 Å². The van der Waals surface area contributed by atoms with E-state index >= 15 is 0 Å². The smallest absolute Gasteiger partial charge is 0.404 e. The van der Waals surface area contributed by atoms with Gasteiger partial charge in [0.25, 0.3) is 0 Å². The Bertz CT molecular complexity index is 1880. The summed E-state index contributed by atoms with van der Waals surface area (Å²) < 4.78 is 47.0. The van der Waals surface area contributed by atoms with E-state index in [1.54, 1.807) is 0 Å². The van der Waals surface area contributed by atoms with Crippen molar-refractivity contribution in [3.63, 3.8) is 0 Å². The van der Waals surface area contributed by atoms with Gasteiger partial charge in [0.2, 0.25) is 23.6 Å². The van der Waals surface area contributed by atoms with Crippen LogP contribution < -0.4 is 35.3 Å². The zero-order valence-electron chi connectivity index (χ0n) is 27.0. The van der Waals surface area contributed by atoms with Crippen LogP contribution in [0.3, 0.4) is 0 Å². The largest absolute Gasteiger partial charge is 0.524 e. The van der Waals surface area contributed by atoms with E-state index in [1.165, 1.54) is 72.8 Å². The lowest BCUT2D eigenvalue weighted by Crippen LogP contribution is -2.57. The van der Waals surface area contributed by atoms with Gasteiger partial charge in [-0.05, 0) is 53.1 Å². The number of phosphoric acid groups is 3. The van der Waals surface area contributed by atoms with Crippen LogP contribution in [-0.2, 0) is 52.1 Å². The molecule has 11 N–H and O–H groups in total. The quantitative estimate of drug-likeness (QED) is 0.0764. The summed E-state index contributed by atoms with van der Waals surface area (Å²) in [5, 5.41) is 7.46. The first-order valence-corrected chi connectivity index (χ1v) is 19.3. The Morgan fingerprint density at radius 2 is 0.808 bits per heavy atom. The number of nitrogens with two attached hydrogens (primary N) is 1. The third kappa shape index (κ3) is 15.3. The number of carbonyl (C=O) groups is 4. The fourth-order valence-corrected chi connectivity index (χ4v) is 5.80. The minimum Gasteiger partial charge on any atom is -0.404 e. The molecular weight excluding hydrogens is 753 g/mol. The first-order valence-electron chi connectivity index (χ1n) is 14.7. The molecular formula is C29H35N4O16P3. The van der Waals surface area contributed by atoms with Gasteiger partial charge in [0.15, 0.2) is 0 Å². The van der Waals surface area contributed by atoms with E-state index in [-0.39, 0.29) is 36.5 Å². The van der Waals surface area contributed by atoms with E-state index in [0.717, 1.165) is 6.92 Å². The third-order valence-corrected chi connectivity index (χ3v) is 8.10. The normalized spacial score (nSPS) is 13.5. The number of primary amides is 1. The van der Waals surface area contributed by atoms with Gasteiger partial charge < -0.3 is 35.3 Å². The van der Waals surface area contributed by atoms with Crippen molar-refractivity contribution >= 4 is 47.1 Å². The van der Waals surface area contributed by atoms with Crippen LogP contribution in [0.4, 0.5) is 0 Å².